The molecule has 4 rings (SSSR count). The minimum absolute atomic E-state index is 0.000440. The van der Waals surface area contributed by atoms with Crippen LogP contribution in [0, 0.1) is 0 Å². The van der Waals surface area contributed by atoms with Crippen molar-refractivity contribution in [2.45, 2.75) is 4.90 Å². The van der Waals surface area contributed by atoms with E-state index in [4.69, 9.17) is 21.1 Å². The smallest absolute Gasteiger partial charge is 0.293 e. The van der Waals surface area contributed by atoms with Gasteiger partial charge in [0, 0.05) is 37.3 Å². The van der Waals surface area contributed by atoms with Gasteiger partial charge in [0.25, 0.3) is 11.1 Å². The largest absolute Gasteiger partial charge is 0.495 e. The molecule has 0 aliphatic carbocycles. The molecule has 2 aliphatic rings. The molecule has 0 bridgehead atoms. The summed E-state index contributed by atoms with van der Waals surface area (Å²) in [6.45, 7) is 1.17. The summed E-state index contributed by atoms with van der Waals surface area (Å²) < 4.78 is 38.1. The average molecular weight is 592 g/mol. The molecule has 2 heterocycles. The summed E-state index contributed by atoms with van der Waals surface area (Å²) in [7, 11) is -2.42. The first-order chi connectivity index (χ1) is 18.7. The summed E-state index contributed by atoms with van der Waals surface area (Å²) in [5, 5.41) is 2.78. The maximum absolute atomic E-state index is 13.1. The zero-order chi connectivity index (χ0) is 28.0. The van der Waals surface area contributed by atoms with Crippen LogP contribution >= 0.6 is 23.4 Å². The van der Waals surface area contributed by atoms with Crippen LogP contribution in [-0.4, -0.2) is 81.2 Å². The molecule has 1 N–H and O–H groups in total. The zero-order valence-electron chi connectivity index (χ0n) is 21.0. The Morgan fingerprint density at radius 1 is 1.13 bits per heavy atom. The highest BCUT2D eigenvalue weighted by molar-refractivity contribution is 8.18. The Kier molecular flexibility index (Phi) is 9.46. The lowest BCUT2D eigenvalue weighted by Gasteiger charge is -2.26. The van der Waals surface area contributed by atoms with E-state index in [-0.39, 0.29) is 41.7 Å². The zero-order valence-corrected chi connectivity index (χ0v) is 23.4. The highest BCUT2D eigenvalue weighted by Gasteiger charge is 2.34. The van der Waals surface area contributed by atoms with Crippen LogP contribution in [0.1, 0.15) is 11.1 Å². The first-order valence-corrected chi connectivity index (χ1v) is 14.6. The maximum Gasteiger partial charge on any atom is 0.293 e. The summed E-state index contributed by atoms with van der Waals surface area (Å²) in [6, 6.07) is 11.5. The molecule has 2 saturated heterocycles. The molecule has 0 aromatic heterocycles. The number of hydrogen-bond donors (Lipinski definition) is 1. The van der Waals surface area contributed by atoms with E-state index in [0.717, 1.165) is 22.2 Å². The Morgan fingerprint density at radius 2 is 1.82 bits per heavy atom. The number of thioether (sulfide) groups is 1. The van der Waals surface area contributed by atoms with E-state index in [9.17, 15) is 22.8 Å². The number of carbonyl (C=O) groups excluding carboxylic acids is 3. The minimum Gasteiger partial charge on any atom is -0.495 e. The van der Waals surface area contributed by atoms with Crippen molar-refractivity contribution in [2.75, 3.05) is 46.5 Å². The molecule has 0 radical (unpaired) electrons. The van der Waals surface area contributed by atoms with Crippen LogP contribution < -0.4 is 10.1 Å². The van der Waals surface area contributed by atoms with Gasteiger partial charge in [-0.15, -0.1) is 0 Å². The molecule has 13 heteroatoms. The van der Waals surface area contributed by atoms with Gasteiger partial charge in [-0.25, -0.2) is 8.42 Å². The van der Waals surface area contributed by atoms with E-state index >= 15 is 0 Å². The van der Waals surface area contributed by atoms with Crippen molar-refractivity contribution in [2.24, 2.45) is 0 Å². The summed E-state index contributed by atoms with van der Waals surface area (Å²) in [4.78, 5) is 38.7. The van der Waals surface area contributed by atoms with Crippen LogP contribution in [-0.2, 0) is 24.3 Å². The molecule has 2 aromatic carbocycles. The molecular weight excluding hydrogens is 566 g/mol. The Hall–Kier alpha value is -3.16. The number of rotatable bonds is 9. The first kappa shape index (κ1) is 28.8. The van der Waals surface area contributed by atoms with Crippen molar-refractivity contribution in [1.82, 2.24) is 14.5 Å². The van der Waals surface area contributed by atoms with Crippen LogP contribution in [0.5, 0.6) is 5.75 Å². The molecule has 2 fully saturated rings. The fraction of sp³-hybridized carbons (Fsp3) is 0.269. The monoisotopic (exact) mass is 591 g/mol. The lowest BCUT2D eigenvalue weighted by Crippen LogP contribution is -2.40. The second-order valence-corrected chi connectivity index (χ2v) is 11.8. The van der Waals surface area contributed by atoms with Crippen molar-refractivity contribution in [1.29, 1.82) is 0 Å². The Morgan fingerprint density at radius 3 is 2.51 bits per heavy atom. The van der Waals surface area contributed by atoms with Gasteiger partial charge in [-0.05, 0) is 59.3 Å². The fourth-order valence-corrected chi connectivity index (χ4v) is 6.44. The highest BCUT2D eigenvalue weighted by atomic mass is 35.5. The Labute approximate surface area is 235 Å². The number of imide groups is 1. The van der Waals surface area contributed by atoms with Gasteiger partial charge < -0.3 is 14.8 Å². The van der Waals surface area contributed by atoms with E-state index in [2.05, 4.69) is 5.32 Å². The second kappa shape index (κ2) is 12.8. The Balaban J connectivity index is 1.35. The van der Waals surface area contributed by atoms with Crippen LogP contribution in [0.15, 0.2) is 58.3 Å². The Bertz CT molecular complexity index is 1420. The van der Waals surface area contributed by atoms with Gasteiger partial charge >= 0.3 is 0 Å². The number of ether oxygens (including phenoxy) is 2. The van der Waals surface area contributed by atoms with Gasteiger partial charge in [-0.3, -0.25) is 19.3 Å². The molecular formula is C26H26ClN3O7S2. The average Bonchev–Trinajstić information content (AvgIpc) is 3.20. The van der Waals surface area contributed by atoms with Crippen molar-refractivity contribution in [3.63, 3.8) is 0 Å². The maximum atomic E-state index is 13.1. The van der Waals surface area contributed by atoms with Crippen LogP contribution in [0.25, 0.3) is 12.2 Å². The normalized spacial score (nSPS) is 17.8. The number of carbonyl (C=O) groups is 3. The fourth-order valence-electron chi connectivity index (χ4n) is 3.85. The number of nitrogens with one attached hydrogen (secondary N) is 1. The second-order valence-electron chi connectivity index (χ2n) is 8.44. The number of amides is 3. The summed E-state index contributed by atoms with van der Waals surface area (Å²) in [6.07, 6.45) is 4.34. The molecule has 0 unspecified atom stereocenters. The number of morpholine rings is 1. The van der Waals surface area contributed by atoms with Crippen LogP contribution in [0.4, 0.5) is 4.79 Å². The third-order valence-corrected chi connectivity index (χ3v) is 8.96. The number of hydrogen-bond acceptors (Lipinski definition) is 8. The molecule has 206 valence electrons. The van der Waals surface area contributed by atoms with E-state index in [1.807, 2.05) is 0 Å². The predicted octanol–water partition coefficient (Wildman–Crippen LogP) is 3.24. The lowest BCUT2D eigenvalue weighted by atomic mass is 10.2. The van der Waals surface area contributed by atoms with E-state index in [0.29, 0.717) is 23.8 Å². The summed E-state index contributed by atoms with van der Waals surface area (Å²) in [5.41, 5.74) is 1.22. The van der Waals surface area contributed by atoms with Gasteiger partial charge in [0.2, 0.25) is 15.9 Å². The van der Waals surface area contributed by atoms with Crippen LogP contribution in [0.2, 0.25) is 5.02 Å². The highest BCUT2D eigenvalue weighted by Crippen LogP contribution is 2.32. The molecule has 39 heavy (non-hydrogen) atoms. The van der Waals surface area contributed by atoms with Crippen molar-refractivity contribution in [3.05, 3.63) is 69.6 Å². The standard InChI is InChI=1S/C26H26ClN3O7S2/c1-36-21-8-4-19(17-23(21)39(34,35)29-12-14-37-15-13-29)5-9-24(31)28-10-11-30-25(32)22(38-26(30)33)16-18-2-6-20(27)7-3-18/h2-9,16-17H,10-15H2,1H3,(H,28,31)/b9-5+,22-16-. The molecule has 0 spiro atoms. The van der Waals surface area contributed by atoms with Gasteiger partial charge in [-0.1, -0.05) is 29.8 Å². The minimum atomic E-state index is -3.81. The third kappa shape index (κ3) is 7.08. The third-order valence-electron chi connectivity index (χ3n) is 5.88. The van der Waals surface area contributed by atoms with E-state index < -0.39 is 27.1 Å². The molecule has 10 nitrogen and oxygen atoms in total. The topological polar surface area (TPSA) is 122 Å². The van der Waals surface area contributed by atoms with E-state index in [1.54, 1.807) is 36.4 Å². The molecule has 0 atom stereocenters. The van der Waals surface area contributed by atoms with Gasteiger partial charge in [0.05, 0.1) is 25.2 Å². The molecule has 2 aliphatic heterocycles. The number of sulfonamides is 1. The summed E-state index contributed by atoms with van der Waals surface area (Å²) in [5.74, 6) is -0.700. The first-order valence-electron chi connectivity index (χ1n) is 11.9. The SMILES string of the molecule is COc1ccc(/C=C/C(=O)NCCN2C(=O)S/C(=C\c3ccc(Cl)cc3)C2=O)cc1S(=O)(=O)N1CCOCC1. The number of halogens is 1. The van der Waals surface area contributed by atoms with Gasteiger partial charge in [0.15, 0.2) is 0 Å². The quantitative estimate of drug-likeness (QED) is 0.441. The van der Waals surface area contributed by atoms with Gasteiger partial charge in [-0.2, -0.15) is 4.31 Å². The number of methoxy groups -OCH3 is 1. The number of benzene rings is 2. The van der Waals surface area contributed by atoms with Crippen LogP contribution in [0.3, 0.4) is 0 Å². The van der Waals surface area contributed by atoms with Crippen molar-refractivity contribution >= 4 is 62.6 Å². The van der Waals surface area contributed by atoms with E-state index in [1.165, 1.54) is 35.7 Å². The summed E-state index contributed by atoms with van der Waals surface area (Å²) >= 11 is 6.71. The van der Waals surface area contributed by atoms with Crippen molar-refractivity contribution in [3.8, 4) is 5.75 Å². The lowest BCUT2D eigenvalue weighted by molar-refractivity contribution is -0.123. The predicted molar refractivity (Wildman–Crippen MR) is 149 cm³/mol. The van der Waals surface area contributed by atoms with Crippen molar-refractivity contribution < 1.29 is 32.3 Å². The molecule has 3 amide bonds. The number of nitrogens with zero attached hydrogens (tertiary/aromatic N) is 2. The molecule has 0 saturated carbocycles. The van der Waals surface area contributed by atoms with Gasteiger partial charge in [0.1, 0.15) is 10.6 Å². The molecule has 2 aromatic rings.